The first-order valence-electron chi connectivity index (χ1n) is 47.3. The van der Waals surface area contributed by atoms with Crippen LogP contribution in [-0.2, 0) is 71.0 Å². The van der Waals surface area contributed by atoms with E-state index in [-0.39, 0.29) is 78.0 Å². The van der Waals surface area contributed by atoms with Crippen molar-refractivity contribution in [3.8, 4) is 0 Å². The van der Waals surface area contributed by atoms with Crippen LogP contribution in [-0.4, -0.2) is 107 Å². The smallest absolute Gasteiger partial charge is 0.283 e. The molecule has 0 saturated heterocycles. The molecule has 4 N–H and O–H groups in total. The Kier molecular flexibility index (Phi) is 30.9. The van der Waals surface area contributed by atoms with Crippen LogP contribution in [0.3, 0.4) is 0 Å². The number of nitrogens with zero attached hydrogens (tertiary/aromatic N) is 12. The minimum absolute atomic E-state index is 0.00515. The van der Waals surface area contributed by atoms with Crippen LogP contribution in [0.5, 0.6) is 0 Å². The molecule has 12 saturated carbocycles. The fourth-order valence-electron chi connectivity index (χ4n) is 22.7. The SMILES string of the molecule is CC(C)c1cc(CCC(=O)Cn2ncc(N[C@@H]3C[C@@H]4C[C@H]([C@H]3C)C4(C)C)c(Br)c2=O)cc(C(C)C)n1.CC(C)c1cc(CCC(=O)Cn2ncc(N[C@@H]3C[C@@H]4C[C@H]([C@H]3C)C4(C)C)c(Br)c2=O)ccn1.C[C@@H]1[C@H]2C[C@@H](C[C@H]1Nc1cnn(CC(=O)CCc3ccno3)c(=O)c1Br)C2(C)C.C[C@@H]1[C@H]2C[C@@H](C[C@H]1Nc1cnn(CC(=O)CCc3nc4ccccc4s3)c(=O)c1Br)C2(C)C. The molecule has 25 nitrogen and oxygen atoms in total. The van der Waals surface area contributed by atoms with E-state index in [2.05, 4.69) is 263 Å². The fourth-order valence-corrected chi connectivity index (χ4v) is 25.3. The van der Waals surface area contributed by atoms with Crippen molar-refractivity contribution in [2.45, 2.75) is 295 Å². The zero-order valence-electron chi connectivity index (χ0n) is 79.2. The number of fused-ring (bicyclic) bond motifs is 9. The number of hydrogen-bond acceptors (Lipinski definition) is 22. The number of para-hydroxylation sites is 1. The van der Waals surface area contributed by atoms with Gasteiger partial charge in [-0.1, -0.05) is 142 Å². The topological polar surface area (TPSA) is 321 Å². The van der Waals surface area contributed by atoms with Crippen molar-refractivity contribution in [1.29, 1.82) is 0 Å². The summed E-state index contributed by atoms with van der Waals surface area (Å²) in [6.45, 7) is 40.9. The molecule has 8 aromatic heterocycles. The van der Waals surface area contributed by atoms with E-state index in [0.717, 1.165) is 110 Å². The Morgan fingerprint density at radius 3 is 1.07 bits per heavy atom. The predicted octanol–water partition coefficient (Wildman–Crippen LogP) is 20.5. The van der Waals surface area contributed by atoms with E-state index in [1.807, 2.05) is 30.3 Å². The summed E-state index contributed by atoms with van der Waals surface area (Å²) in [5.74, 6) is 9.52. The molecule has 8 bridgehead atoms. The Bertz CT molecular complexity index is 5860. The molecule has 12 aliphatic rings. The number of Topliss-reactive ketones (excluding diaryl/α,β-unsaturated/α-hetero) is 4. The van der Waals surface area contributed by atoms with Gasteiger partial charge in [-0.3, -0.25) is 48.3 Å². The number of nitrogens with one attached hydrogen (secondary N) is 4. The number of thiazole rings is 1. The molecule has 12 fully saturated rings. The first-order chi connectivity index (χ1) is 62.0. The van der Waals surface area contributed by atoms with Gasteiger partial charge in [-0.05, 0) is 286 Å². The highest BCUT2D eigenvalue weighted by molar-refractivity contribution is 9.11. The molecule has 16 atom stereocenters. The van der Waals surface area contributed by atoms with Crippen LogP contribution in [0.15, 0.2) is 133 Å². The Hall–Kier alpha value is -8.06. The molecule has 21 rings (SSSR count). The first-order valence-corrected chi connectivity index (χ1v) is 51.3. The van der Waals surface area contributed by atoms with Gasteiger partial charge in [-0.2, -0.15) is 20.4 Å². The van der Waals surface area contributed by atoms with Gasteiger partial charge in [0, 0.05) is 92.0 Å². The molecular formula is C101H132Br4N16O9S. The standard InChI is InChI=1S/C29H41BrN4O2.C26H35BrN4O2.C25H29BrN4O2S.C21H27BrN4O3/c1-16(2)23-10-19(11-24(32-23)17(3)4)8-9-21(35)15-34-28(36)27(30)26(14-31-34)33-25-13-20-12-22(18(25)5)29(20,6)7;1-15(2)21-10-17(8-9-28-21)6-7-19(32)14-31-25(33)24(27)23(13-29-31)30-22-12-18-11-20(16(22)3)26(18,4)5;1-14-17-10-15(25(17,2)3)11-19(14)28-20-12-27-30(24(32)23(20)26)13-16(31)8-9-22-29-18-6-4-5-7-21(18)33-22;1-12-16-8-13(21(16,2)3)9-17(12)25-18-10-23-26(20(28)19(18)22)11-14(27)4-5-15-6-7-24-29-15/h10-11,14,16-18,20,22,25,33H,8-9,12-13,15H2,1-7H3;8-10,13,15-16,18,20,22,30H,6-7,11-12,14H2,1-5H3;4-7,12,14-15,17,19,28H,8-11,13H2,1-3H3;6-7,10,12-13,16-17,25H,4-5,8-9,11H2,1-3H3/t18-,20+,22-,25-;16-,18+,20-,22-;14-,15+,17-,19-;12-,13+,16-,17-/m1111/s1. The van der Waals surface area contributed by atoms with Crippen LogP contribution in [0.4, 0.5) is 22.7 Å². The van der Waals surface area contributed by atoms with Crippen molar-refractivity contribution < 1.29 is 23.7 Å². The van der Waals surface area contributed by atoms with E-state index in [4.69, 9.17) is 9.51 Å². The predicted molar refractivity (Wildman–Crippen MR) is 531 cm³/mol. The number of hydrogen-bond donors (Lipinski definition) is 4. The van der Waals surface area contributed by atoms with Gasteiger partial charge in [-0.25, -0.2) is 23.7 Å². The van der Waals surface area contributed by atoms with Crippen LogP contribution >= 0.6 is 75.1 Å². The fraction of sp³-hybridized carbons (Fsp3) is 0.604. The van der Waals surface area contributed by atoms with Crippen LogP contribution in [0, 0.1) is 92.7 Å². The normalized spacial score (nSPS) is 25.7. The number of anilines is 4. The number of aryl methyl sites for hydroxylation is 4. The third kappa shape index (κ3) is 21.8. The molecule has 30 heteroatoms. The average molecular weight is 2070 g/mol. The largest absolute Gasteiger partial charge is 0.380 e. The summed E-state index contributed by atoms with van der Waals surface area (Å²) in [5, 5.41) is 36.0. The van der Waals surface area contributed by atoms with Gasteiger partial charge >= 0.3 is 0 Å². The van der Waals surface area contributed by atoms with Gasteiger partial charge in [0.25, 0.3) is 22.2 Å². The summed E-state index contributed by atoms with van der Waals surface area (Å²) < 4.78 is 12.9. The summed E-state index contributed by atoms with van der Waals surface area (Å²) >= 11 is 15.4. The molecule has 9 aromatic rings. The number of ketones is 4. The summed E-state index contributed by atoms with van der Waals surface area (Å²) in [7, 11) is 0. The minimum Gasteiger partial charge on any atom is -0.380 e. The number of carbonyl (C=O) groups excluding carboxylic acids is 4. The van der Waals surface area contributed by atoms with E-state index in [0.29, 0.717) is 185 Å². The summed E-state index contributed by atoms with van der Waals surface area (Å²) in [4.78, 5) is 115. The Morgan fingerprint density at radius 2 is 0.748 bits per heavy atom. The molecule has 12 aliphatic carbocycles. The molecule has 0 radical (unpaired) electrons. The van der Waals surface area contributed by atoms with Crippen LogP contribution in [0.2, 0.25) is 0 Å². The quantitative estimate of drug-likeness (QED) is 0.0314. The van der Waals surface area contributed by atoms with Gasteiger partial charge < -0.3 is 25.8 Å². The zero-order valence-corrected chi connectivity index (χ0v) is 86.4. The summed E-state index contributed by atoms with van der Waals surface area (Å²) in [5.41, 5.74) is 9.74. The second-order valence-electron chi connectivity index (χ2n) is 42.3. The molecule has 0 spiro atoms. The van der Waals surface area contributed by atoms with Gasteiger partial charge in [0.05, 0.1) is 69.0 Å². The number of carbonyl (C=O) groups is 4. The van der Waals surface area contributed by atoms with Crippen LogP contribution in [0.25, 0.3) is 10.2 Å². The van der Waals surface area contributed by atoms with Crippen molar-refractivity contribution in [2.24, 2.45) is 92.7 Å². The zero-order chi connectivity index (χ0) is 94.4. The van der Waals surface area contributed by atoms with Crippen molar-refractivity contribution >= 4 is 131 Å². The number of benzene rings is 1. The Morgan fingerprint density at radius 1 is 0.420 bits per heavy atom. The molecule has 131 heavy (non-hydrogen) atoms. The lowest BCUT2D eigenvalue weighted by Gasteiger charge is -2.62. The minimum atomic E-state index is -0.294. The van der Waals surface area contributed by atoms with E-state index in [1.165, 1.54) is 44.4 Å². The van der Waals surface area contributed by atoms with E-state index >= 15 is 0 Å². The summed E-state index contributed by atoms with van der Waals surface area (Å²) in [6, 6.07) is 19.2. The molecule has 8 heterocycles. The number of halogens is 4. The van der Waals surface area contributed by atoms with E-state index in [9.17, 15) is 38.4 Å². The number of rotatable bonds is 31. The van der Waals surface area contributed by atoms with Crippen molar-refractivity contribution in [3.63, 3.8) is 0 Å². The lowest BCUT2D eigenvalue weighted by molar-refractivity contribution is -0.120. The Labute approximate surface area is 807 Å². The maximum absolute atomic E-state index is 13.0. The van der Waals surface area contributed by atoms with E-state index in [1.54, 1.807) is 54.6 Å². The maximum Gasteiger partial charge on any atom is 0.283 e. The van der Waals surface area contributed by atoms with E-state index < -0.39 is 0 Å². The highest BCUT2D eigenvalue weighted by Crippen LogP contribution is 2.65. The molecule has 1 aromatic carbocycles. The van der Waals surface area contributed by atoms with Gasteiger partial charge in [0.1, 0.15) is 49.8 Å². The first kappa shape index (κ1) is 98.9. The average Bonchev–Trinajstić information content (AvgIpc) is 0.866. The van der Waals surface area contributed by atoms with Gasteiger partial charge in [0.2, 0.25) is 0 Å². The highest BCUT2D eigenvalue weighted by Gasteiger charge is 2.60. The molecular weight excluding hydrogens is 1930 g/mol. The Balaban J connectivity index is 0.000000141. The summed E-state index contributed by atoms with van der Waals surface area (Å²) in [6.07, 6.45) is 23.4. The molecule has 0 aliphatic heterocycles. The number of aromatic nitrogens is 12. The third-order valence-corrected chi connectivity index (χ3v) is 36.2. The second-order valence-corrected chi connectivity index (χ2v) is 46.5. The molecule has 0 unspecified atom stereocenters. The lowest BCUT2D eigenvalue weighted by Crippen LogP contribution is -2.58. The third-order valence-electron chi connectivity index (χ3n) is 32.1. The second kappa shape index (κ2) is 40.9. The molecule has 704 valence electrons. The highest BCUT2D eigenvalue weighted by atomic mass is 79.9. The number of pyridine rings is 2. The van der Waals surface area contributed by atoms with Crippen LogP contribution in [0.1, 0.15) is 258 Å². The van der Waals surface area contributed by atoms with Crippen molar-refractivity contribution in [1.82, 2.24) is 59.2 Å². The van der Waals surface area contributed by atoms with Crippen LogP contribution < -0.4 is 43.5 Å². The van der Waals surface area contributed by atoms with Gasteiger partial charge in [0.15, 0.2) is 23.1 Å². The van der Waals surface area contributed by atoms with Crippen molar-refractivity contribution in [2.75, 3.05) is 21.3 Å². The van der Waals surface area contributed by atoms with Gasteiger partial charge in [-0.15, -0.1) is 11.3 Å². The monoisotopic (exact) mass is 2060 g/mol. The maximum atomic E-state index is 13.0. The lowest BCUT2D eigenvalue weighted by atomic mass is 9.45. The van der Waals surface area contributed by atoms with Crippen molar-refractivity contribution in [3.05, 3.63) is 190 Å². The molecule has 0 amide bonds.